The molecule has 3 heteroatoms. The van der Waals surface area contributed by atoms with Crippen molar-refractivity contribution in [1.82, 2.24) is 5.32 Å². The van der Waals surface area contributed by atoms with Crippen molar-refractivity contribution in [3.8, 4) is 0 Å². The van der Waals surface area contributed by atoms with Crippen LogP contribution in [0.25, 0.3) is 0 Å². The number of rotatable bonds is 0. The van der Waals surface area contributed by atoms with E-state index in [4.69, 9.17) is 0 Å². The predicted molar refractivity (Wildman–Crippen MR) is 82.6 cm³/mol. The van der Waals surface area contributed by atoms with Gasteiger partial charge in [-0.3, -0.25) is 5.32 Å². The van der Waals surface area contributed by atoms with Crippen LogP contribution < -0.4 is 5.32 Å². The molecule has 0 bridgehead atoms. The van der Waals surface area contributed by atoms with Gasteiger partial charge in [-0.05, 0) is 80.0 Å². The van der Waals surface area contributed by atoms with Gasteiger partial charge in [0, 0.05) is 6.04 Å². The largest absolute Gasteiger partial charge is 0.393 e. The minimum Gasteiger partial charge on any atom is -0.393 e. The quantitative estimate of drug-likeness (QED) is 0.643. The molecule has 21 heavy (non-hydrogen) atoms. The van der Waals surface area contributed by atoms with Gasteiger partial charge in [-0.2, -0.15) is 0 Å². The molecule has 1 aliphatic heterocycles. The molecule has 0 spiro atoms. The van der Waals surface area contributed by atoms with Crippen LogP contribution in [0.3, 0.4) is 0 Å². The van der Waals surface area contributed by atoms with Gasteiger partial charge in [0.05, 0.1) is 6.10 Å². The lowest BCUT2D eigenvalue weighted by molar-refractivity contribution is -0.123. The van der Waals surface area contributed by atoms with Crippen LogP contribution in [0.4, 0.5) is 0 Å². The zero-order valence-corrected chi connectivity index (χ0v) is 13.5. The highest BCUT2D eigenvalue weighted by atomic mass is 16.3. The first-order chi connectivity index (χ1) is 9.95. The number of aliphatic hydroxyl groups is 2. The van der Waals surface area contributed by atoms with Crippen molar-refractivity contribution in [3.05, 3.63) is 0 Å². The van der Waals surface area contributed by atoms with Crippen molar-refractivity contribution >= 4 is 0 Å². The fourth-order valence-electron chi connectivity index (χ4n) is 6.83. The molecule has 4 fully saturated rings. The molecule has 3 N–H and O–H groups in total. The van der Waals surface area contributed by atoms with Crippen LogP contribution in [0.15, 0.2) is 0 Å². The lowest BCUT2D eigenvalue weighted by Gasteiger charge is -2.60. The Hall–Kier alpha value is -0.120. The minimum absolute atomic E-state index is 0.0692. The summed E-state index contributed by atoms with van der Waals surface area (Å²) in [5, 5.41) is 23.9. The smallest absolute Gasteiger partial charge is 0.105 e. The summed E-state index contributed by atoms with van der Waals surface area (Å²) < 4.78 is 0. The lowest BCUT2D eigenvalue weighted by Crippen LogP contribution is -2.62. The zero-order chi connectivity index (χ0) is 14.8. The van der Waals surface area contributed by atoms with E-state index in [9.17, 15) is 10.2 Å². The van der Waals surface area contributed by atoms with Gasteiger partial charge in [0.25, 0.3) is 0 Å². The Morgan fingerprint density at radius 3 is 2.33 bits per heavy atom. The first-order valence-corrected chi connectivity index (χ1v) is 9.07. The summed E-state index contributed by atoms with van der Waals surface area (Å²) in [6.45, 7) is 4.82. The van der Waals surface area contributed by atoms with Crippen LogP contribution in [0.2, 0.25) is 0 Å². The van der Waals surface area contributed by atoms with E-state index in [0.717, 1.165) is 30.6 Å². The fraction of sp³-hybridized carbons (Fsp3) is 1.00. The Morgan fingerprint density at radius 2 is 1.52 bits per heavy atom. The summed E-state index contributed by atoms with van der Waals surface area (Å²) in [6, 6.07) is 0.498. The minimum atomic E-state index is -0.290. The molecule has 0 aromatic heterocycles. The van der Waals surface area contributed by atoms with Crippen LogP contribution in [0, 0.1) is 28.6 Å². The maximum Gasteiger partial charge on any atom is 0.105 e. The number of hydrogen-bond donors (Lipinski definition) is 3. The van der Waals surface area contributed by atoms with Crippen LogP contribution in [0.1, 0.15) is 65.2 Å². The second-order valence-electron chi connectivity index (χ2n) is 8.87. The molecule has 3 nitrogen and oxygen atoms in total. The highest BCUT2D eigenvalue weighted by molar-refractivity contribution is 5.10. The van der Waals surface area contributed by atoms with E-state index in [0.29, 0.717) is 11.5 Å². The third-order valence-corrected chi connectivity index (χ3v) is 8.17. The van der Waals surface area contributed by atoms with E-state index >= 15 is 0 Å². The summed E-state index contributed by atoms with van der Waals surface area (Å²) in [5.74, 6) is 2.33. The third kappa shape index (κ3) is 1.90. The van der Waals surface area contributed by atoms with Crippen molar-refractivity contribution in [1.29, 1.82) is 0 Å². The Labute approximate surface area is 128 Å². The highest BCUT2D eigenvalue weighted by Gasteiger charge is 2.60. The molecule has 8 atom stereocenters. The number of piperidine rings is 1. The summed E-state index contributed by atoms with van der Waals surface area (Å²) >= 11 is 0. The summed E-state index contributed by atoms with van der Waals surface area (Å²) in [5.41, 5.74) is 0.545. The molecule has 3 saturated carbocycles. The first kappa shape index (κ1) is 14.5. The summed E-state index contributed by atoms with van der Waals surface area (Å²) in [4.78, 5) is 0. The molecule has 1 saturated heterocycles. The van der Waals surface area contributed by atoms with Gasteiger partial charge in [-0.1, -0.05) is 13.8 Å². The second kappa shape index (κ2) is 4.69. The van der Waals surface area contributed by atoms with Crippen molar-refractivity contribution in [2.24, 2.45) is 28.6 Å². The monoisotopic (exact) mass is 293 g/mol. The molecule has 0 radical (unpaired) electrons. The Kier molecular flexibility index (Phi) is 3.23. The van der Waals surface area contributed by atoms with Crippen LogP contribution >= 0.6 is 0 Å². The molecule has 1 heterocycles. The molecule has 4 aliphatic rings. The number of fused-ring (bicyclic) bond motifs is 5. The van der Waals surface area contributed by atoms with Gasteiger partial charge in [0.1, 0.15) is 6.23 Å². The molecule has 4 rings (SSSR count). The molecule has 0 amide bonds. The topological polar surface area (TPSA) is 52.5 Å². The normalized spacial score (nSPS) is 60.0. The van der Waals surface area contributed by atoms with Crippen molar-refractivity contribution in [2.45, 2.75) is 83.6 Å². The third-order valence-electron chi connectivity index (χ3n) is 8.17. The van der Waals surface area contributed by atoms with E-state index < -0.39 is 0 Å². The molecule has 3 aliphatic carbocycles. The Bertz CT molecular complexity index is 427. The van der Waals surface area contributed by atoms with E-state index in [1.807, 2.05) is 0 Å². The van der Waals surface area contributed by atoms with Gasteiger partial charge in [-0.15, -0.1) is 0 Å². The SMILES string of the molecule is C[C@]12CCC(O)NC1CC[C@@H]1[C@H]2CC[C@]2(C)C(O)CC[C@@H]12. The number of hydrogen-bond acceptors (Lipinski definition) is 3. The first-order valence-electron chi connectivity index (χ1n) is 9.07. The van der Waals surface area contributed by atoms with Crippen molar-refractivity contribution in [3.63, 3.8) is 0 Å². The molecule has 120 valence electrons. The van der Waals surface area contributed by atoms with Gasteiger partial charge in [0.15, 0.2) is 0 Å². The van der Waals surface area contributed by atoms with E-state index in [-0.39, 0.29) is 17.7 Å². The average molecular weight is 293 g/mol. The zero-order valence-electron chi connectivity index (χ0n) is 13.5. The summed E-state index contributed by atoms with van der Waals surface area (Å²) in [7, 11) is 0. The van der Waals surface area contributed by atoms with E-state index in [1.54, 1.807) is 0 Å². The second-order valence-corrected chi connectivity index (χ2v) is 8.87. The maximum absolute atomic E-state index is 10.5. The molecule has 0 aromatic rings. The summed E-state index contributed by atoms with van der Waals surface area (Å²) in [6.07, 6.45) is 8.93. The Morgan fingerprint density at radius 1 is 0.810 bits per heavy atom. The highest BCUT2D eigenvalue weighted by Crippen LogP contribution is 2.64. The fourth-order valence-corrected chi connectivity index (χ4v) is 6.83. The van der Waals surface area contributed by atoms with Crippen LogP contribution in [0.5, 0.6) is 0 Å². The molecular formula is C18H31NO2. The van der Waals surface area contributed by atoms with Crippen LogP contribution in [-0.2, 0) is 0 Å². The van der Waals surface area contributed by atoms with Crippen LogP contribution in [-0.4, -0.2) is 28.6 Å². The predicted octanol–water partition coefficient (Wildman–Crippen LogP) is 2.66. The van der Waals surface area contributed by atoms with Crippen molar-refractivity contribution in [2.75, 3.05) is 0 Å². The van der Waals surface area contributed by atoms with Gasteiger partial charge >= 0.3 is 0 Å². The Balaban J connectivity index is 1.62. The standard InChI is InChI=1S/C18H31NO2/c1-17-10-8-16(21)19-14(17)5-3-11-12-4-6-15(20)18(12,2)9-7-13(11)17/h11-16,19-21H,3-10H2,1-2H3/t11-,12-,13+,14?,15?,16?,17+,18-/m0/s1. The maximum atomic E-state index is 10.5. The molecule has 3 unspecified atom stereocenters. The average Bonchev–Trinajstić information content (AvgIpc) is 2.76. The molecular weight excluding hydrogens is 262 g/mol. The van der Waals surface area contributed by atoms with Crippen molar-refractivity contribution < 1.29 is 10.2 Å². The van der Waals surface area contributed by atoms with Gasteiger partial charge in [0.2, 0.25) is 0 Å². The number of aliphatic hydroxyl groups excluding tert-OH is 2. The van der Waals surface area contributed by atoms with E-state index in [1.165, 1.54) is 38.5 Å². The number of nitrogens with one attached hydrogen (secondary N) is 1. The lowest BCUT2D eigenvalue weighted by atomic mass is 9.47. The molecule has 0 aromatic carbocycles. The van der Waals surface area contributed by atoms with Gasteiger partial charge < -0.3 is 10.2 Å². The van der Waals surface area contributed by atoms with Gasteiger partial charge in [-0.25, -0.2) is 0 Å². The van der Waals surface area contributed by atoms with E-state index in [2.05, 4.69) is 19.2 Å².